The predicted molar refractivity (Wildman–Crippen MR) is 143 cm³/mol. The van der Waals surface area contributed by atoms with Crippen LogP contribution in [-0.4, -0.2) is 52.4 Å². The molecule has 0 aromatic heterocycles. The molecular weight excluding hydrogens is 472 g/mol. The van der Waals surface area contributed by atoms with Crippen molar-refractivity contribution in [2.45, 2.75) is 97.4 Å². The highest BCUT2D eigenvalue weighted by atomic mass is 16.6. The summed E-state index contributed by atoms with van der Waals surface area (Å²) < 4.78 is 5.30. The van der Waals surface area contributed by atoms with Crippen LogP contribution in [-0.2, 0) is 19.1 Å². The number of amides is 4. The molecule has 0 bridgehead atoms. The number of hydrogen-bond donors (Lipinski definition) is 3. The van der Waals surface area contributed by atoms with Crippen LogP contribution in [0, 0.1) is 12.3 Å². The maximum absolute atomic E-state index is 14.1. The summed E-state index contributed by atoms with van der Waals surface area (Å²) in [5.74, 6) is 0.744. The summed E-state index contributed by atoms with van der Waals surface area (Å²) in [4.78, 5) is 53.6. The molecule has 9 heteroatoms. The van der Waals surface area contributed by atoms with Crippen LogP contribution in [0.3, 0.4) is 0 Å². The SMILES string of the molecule is C#Cc1ccc(C(C(=O)NCCCC)N(C(=O)C(CC(N)=O)NC(=O)OC(C)(C)C)C(C)(C)CC)cc1. The molecular formula is C28H42N4O5. The second kappa shape index (κ2) is 13.7. The molecule has 4 amide bonds. The third-order valence-electron chi connectivity index (χ3n) is 5.88. The molecule has 0 aliphatic heterocycles. The third-order valence-corrected chi connectivity index (χ3v) is 5.88. The molecule has 0 heterocycles. The van der Waals surface area contributed by atoms with Crippen LogP contribution in [0.1, 0.15) is 91.3 Å². The molecule has 0 saturated heterocycles. The molecule has 1 aromatic carbocycles. The van der Waals surface area contributed by atoms with Gasteiger partial charge in [-0.1, -0.05) is 38.3 Å². The highest BCUT2D eigenvalue weighted by Gasteiger charge is 2.43. The lowest BCUT2D eigenvalue weighted by molar-refractivity contribution is -0.150. The molecule has 37 heavy (non-hydrogen) atoms. The van der Waals surface area contributed by atoms with Crippen molar-refractivity contribution >= 4 is 23.8 Å². The van der Waals surface area contributed by atoms with Gasteiger partial charge >= 0.3 is 6.09 Å². The maximum atomic E-state index is 14.1. The van der Waals surface area contributed by atoms with Crippen molar-refractivity contribution in [2.75, 3.05) is 6.54 Å². The van der Waals surface area contributed by atoms with Gasteiger partial charge in [0.15, 0.2) is 0 Å². The normalized spacial score (nSPS) is 13.0. The Labute approximate surface area is 220 Å². The Morgan fingerprint density at radius 3 is 2.14 bits per heavy atom. The number of alkyl carbamates (subject to hydrolysis) is 1. The van der Waals surface area contributed by atoms with Crippen molar-refractivity contribution in [3.63, 3.8) is 0 Å². The molecule has 0 fully saturated rings. The first-order valence-electron chi connectivity index (χ1n) is 12.6. The molecule has 4 N–H and O–H groups in total. The Morgan fingerprint density at radius 1 is 1.08 bits per heavy atom. The van der Waals surface area contributed by atoms with Crippen LogP contribution in [0.25, 0.3) is 0 Å². The first kappa shape index (κ1) is 31.5. The Kier molecular flexibility index (Phi) is 11.6. The number of carbonyl (C=O) groups excluding carboxylic acids is 4. The van der Waals surface area contributed by atoms with Gasteiger partial charge in [-0.15, -0.1) is 6.42 Å². The molecule has 0 aliphatic carbocycles. The Bertz CT molecular complexity index is 989. The van der Waals surface area contributed by atoms with Crippen LogP contribution in [0.5, 0.6) is 0 Å². The number of benzene rings is 1. The van der Waals surface area contributed by atoms with Crippen molar-refractivity contribution in [1.82, 2.24) is 15.5 Å². The Balaban J connectivity index is 3.62. The second-order valence-corrected chi connectivity index (χ2v) is 10.6. The van der Waals surface area contributed by atoms with E-state index in [1.807, 2.05) is 27.7 Å². The fourth-order valence-corrected chi connectivity index (χ4v) is 3.63. The van der Waals surface area contributed by atoms with Gasteiger partial charge in [-0.05, 0) is 65.2 Å². The quantitative estimate of drug-likeness (QED) is 0.291. The number of ether oxygens (including phenoxy) is 1. The molecule has 0 aliphatic rings. The number of hydrogen-bond acceptors (Lipinski definition) is 5. The number of carbonyl (C=O) groups is 4. The summed E-state index contributed by atoms with van der Waals surface area (Å²) in [6.07, 6.45) is 6.30. The number of terminal acetylenes is 1. The first-order chi connectivity index (χ1) is 17.2. The van der Waals surface area contributed by atoms with E-state index in [9.17, 15) is 19.2 Å². The molecule has 0 spiro atoms. The van der Waals surface area contributed by atoms with E-state index in [1.54, 1.807) is 45.0 Å². The summed E-state index contributed by atoms with van der Waals surface area (Å²) in [6, 6.07) is 4.41. The van der Waals surface area contributed by atoms with E-state index in [0.29, 0.717) is 24.1 Å². The largest absolute Gasteiger partial charge is 0.444 e. The Hall–Kier alpha value is -3.54. The van der Waals surface area contributed by atoms with Gasteiger partial charge in [-0.25, -0.2) is 4.79 Å². The van der Waals surface area contributed by atoms with Gasteiger partial charge in [-0.3, -0.25) is 14.4 Å². The van der Waals surface area contributed by atoms with Crippen molar-refractivity contribution < 1.29 is 23.9 Å². The standard InChI is InChI=1S/C28H42N4O5/c1-9-12-17-30-24(34)23(20-15-13-19(10-2)14-16-20)32(28(7,8)11-3)25(35)21(18-22(29)33)31-26(36)37-27(4,5)6/h2,13-16,21,23H,9,11-12,17-18H2,1,3-8H3,(H2,29,33)(H,30,34)(H,31,36). The highest BCUT2D eigenvalue weighted by molar-refractivity contribution is 5.95. The number of unbranched alkanes of at least 4 members (excludes halogenated alkanes) is 1. The highest BCUT2D eigenvalue weighted by Crippen LogP contribution is 2.32. The van der Waals surface area contributed by atoms with Gasteiger partial charge < -0.3 is 26.0 Å². The monoisotopic (exact) mass is 514 g/mol. The van der Waals surface area contributed by atoms with Gasteiger partial charge in [0.25, 0.3) is 0 Å². The predicted octanol–water partition coefficient (Wildman–Crippen LogP) is 3.41. The summed E-state index contributed by atoms with van der Waals surface area (Å²) in [6.45, 7) is 13.0. The van der Waals surface area contributed by atoms with Gasteiger partial charge in [-0.2, -0.15) is 0 Å². The van der Waals surface area contributed by atoms with Gasteiger partial charge in [0.2, 0.25) is 17.7 Å². The van der Waals surface area contributed by atoms with Gasteiger partial charge in [0.1, 0.15) is 17.7 Å². The van der Waals surface area contributed by atoms with E-state index in [-0.39, 0.29) is 5.91 Å². The van der Waals surface area contributed by atoms with Crippen LogP contribution < -0.4 is 16.4 Å². The maximum Gasteiger partial charge on any atom is 0.408 e. The van der Waals surface area contributed by atoms with E-state index in [2.05, 4.69) is 16.6 Å². The van der Waals surface area contributed by atoms with E-state index in [1.165, 1.54) is 4.90 Å². The average Bonchev–Trinajstić information content (AvgIpc) is 2.80. The molecule has 1 rings (SSSR count). The topological polar surface area (TPSA) is 131 Å². The van der Waals surface area contributed by atoms with E-state index >= 15 is 0 Å². The molecule has 1 aromatic rings. The van der Waals surface area contributed by atoms with Crippen LogP contribution in [0.15, 0.2) is 24.3 Å². The molecule has 9 nitrogen and oxygen atoms in total. The average molecular weight is 515 g/mol. The van der Waals surface area contributed by atoms with E-state index < -0.39 is 47.6 Å². The van der Waals surface area contributed by atoms with E-state index in [4.69, 9.17) is 16.9 Å². The zero-order valence-electron chi connectivity index (χ0n) is 23.1. The lowest BCUT2D eigenvalue weighted by Gasteiger charge is -2.44. The number of nitrogens with zero attached hydrogens (tertiary/aromatic N) is 1. The minimum Gasteiger partial charge on any atom is -0.444 e. The van der Waals surface area contributed by atoms with Crippen molar-refractivity contribution in [3.8, 4) is 12.3 Å². The smallest absolute Gasteiger partial charge is 0.408 e. The van der Waals surface area contributed by atoms with Crippen molar-refractivity contribution in [1.29, 1.82) is 0 Å². The van der Waals surface area contributed by atoms with E-state index in [0.717, 1.165) is 12.8 Å². The summed E-state index contributed by atoms with van der Waals surface area (Å²) in [5.41, 5.74) is 4.93. The number of nitrogens with one attached hydrogen (secondary N) is 2. The van der Waals surface area contributed by atoms with Crippen LogP contribution >= 0.6 is 0 Å². The molecule has 2 unspecified atom stereocenters. The lowest BCUT2D eigenvalue weighted by Crippen LogP contribution is -2.60. The lowest BCUT2D eigenvalue weighted by atomic mass is 9.91. The summed E-state index contributed by atoms with van der Waals surface area (Å²) in [5, 5.41) is 5.40. The number of nitrogens with two attached hydrogens (primary N) is 1. The Morgan fingerprint density at radius 2 is 1.68 bits per heavy atom. The molecule has 0 radical (unpaired) electrons. The van der Waals surface area contributed by atoms with Crippen LogP contribution in [0.2, 0.25) is 0 Å². The fraction of sp³-hybridized carbons (Fsp3) is 0.571. The number of primary amides is 1. The van der Waals surface area contributed by atoms with Crippen molar-refractivity contribution in [2.24, 2.45) is 5.73 Å². The summed E-state index contributed by atoms with van der Waals surface area (Å²) in [7, 11) is 0. The third kappa shape index (κ3) is 9.79. The van der Waals surface area contributed by atoms with Crippen molar-refractivity contribution in [3.05, 3.63) is 35.4 Å². The zero-order valence-corrected chi connectivity index (χ0v) is 23.1. The minimum atomic E-state index is -1.34. The minimum absolute atomic E-state index is 0.383. The number of rotatable bonds is 12. The fourth-order valence-electron chi connectivity index (χ4n) is 3.63. The van der Waals surface area contributed by atoms with Gasteiger partial charge in [0, 0.05) is 17.6 Å². The second-order valence-electron chi connectivity index (χ2n) is 10.6. The van der Waals surface area contributed by atoms with Crippen LogP contribution in [0.4, 0.5) is 4.79 Å². The van der Waals surface area contributed by atoms with Gasteiger partial charge in [0.05, 0.1) is 6.42 Å². The molecule has 2 atom stereocenters. The molecule has 204 valence electrons. The first-order valence-corrected chi connectivity index (χ1v) is 12.6. The molecule has 0 saturated carbocycles. The zero-order chi connectivity index (χ0) is 28.4. The summed E-state index contributed by atoms with van der Waals surface area (Å²) >= 11 is 0.